The summed E-state index contributed by atoms with van der Waals surface area (Å²) >= 11 is 1.32. The lowest BCUT2D eigenvalue weighted by Gasteiger charge is -2.41. The molecule has 16 heteroatoms. The van der Waals surface area contributed by atoms with Crippen molar-refractivity contribution in [1.82, 2.24) is 15.0 Å². The molecule has 0 aliphatic carbocycles. The van der Waals surface area contributed by atoms with Gasteiger partial charge >= 0.3 is 13.3 Å². The molecule has 0 radical (unpaired) electrons. The lowest BCUT2D eigenvalue weighted by Crippen LogP contribution is -2.49. The van der Waals surface area contributed by atoms with Crippen molar-refractivity contribution in [1.29, 1.82) is 0 Å². The third kappa shape index (κ3) is 6.05. The normalized spacial score (nSPS) is 21.6. The van der Waals surface area contributed by atoms with Crippen LogP contribution in [0.3, 0.4) is 0 Å². The van der Waals surface area contributed by atoms with Crippen molar-refractivity contribution in [3.8, 4) is 5.88 Å². The Balaban J connectivity index is 0.000000751. The average Bonchev–Trinajstić information content (AvgIpc) is 3.22. The SMILES string of the molecule is Cc1nc(OC(F)F)cnc1C(=O)Nc1csc(C23COCCC2COC(N)=N3)n1.FC(F)F. The first-order chi connectivity index (χ1) is 16.1. The van der Waals surface area contributed by atoms with E-state index in [9.17, 15) is 26.7 Å². The van der Waals surface area contributed by atoms with Crippen molar-refractivity contribution in [2.75, 3.05) is 25.1 Å². The van der Waals surface area contributed by atoms with Crippen LogP contribution in [0.1, 0.15) is 27.6 Å². The number of carbonyl (C=O) groups excluding carboxylic acids is 1. The molecular weight excluding hydrogens is 491 g/mol. The largest absolute Gasteiger partial charge is 0.465 e. The summed E-state index contributed by atoms with van der Waals surface area (Å²) in [5.41, 5.74) is 5.15. The number of aryl methyl sites for hydroxylation is 1. The fourth-order valence-corrected chi connectivity index (χ4v) is 4.35. The second-order valence-corrected chi connectivity index (χ2v) is 7.84. The molecule has 0 bridgehead atoms. The predicted octanol–water partition coefficient (Wildman–Crippen LogP) is 2.85. The van der Waals surface area contributed by atoms with E-state index < -0.39 is 24.7 Å². The number of carbonyl (C=O) groups is 1. The summed E-state index contributed by atoms with van der Waals surface area (Å²) in [4.78, 5) is 29.2. The number of amidine groups is 1. The summed E-state index contributed by atoms with van der Waals surface area (Å²) < 4.78 is 68.8. The first-order valence-electron chi connectivity index (χ1n) is 9.64. The van der Waals surface area contributed by atoms with Gasteiger partial charge in [-0.3, -0.25) is 4.79 Å². The number of nitrogens with one attached hydrogen (secondary N) is 1. The van der Waals surface area contributed by atoms with Gasteiger partial charge in [0.15, 0.2) is 0 Å². The molecule has 186 valence electrons. The Morgan fingerprint density at radius 1 is 1.32 bits per heavy atom. The minimum atomic E-state index is -3.67. The Morgan fingerprint density at radius 2 is 2.06 bits per heavy atom. The Morgan fingerprint density at radius 3 is 2.74 bits per heavy atom. The van der Waals surface area contributed by atoms with Crippen LogP contribution >= 0.6 is 11.3 Å². The highest BCUT2D eigenvalue weighted by molar-refractivity contribution is 7.10. The molecule has 2 unspecified atom stereocenters. The number of amides is 1. The number of alkyl halides is 5. The molecule has 10 nitrogen and oxygen atoms in total. The summed E-state index contributed by atoms with van der Waals surface area (Å²) in [6, 6.07) is 0.0783. The lowest BCUT2D eigenvalue weighted by molar-refractivity contribution is -0.0532. The van der Waals surface area contributed by atoms with Crippen LogP contribution in [0.5, 0.6) is 5.88 Å². The van der Waals surface area contributed by atoms with Crippen LogP contribution in [-0.4, -0.2) is 60.0 Å². The first-order valence-corrected chi connectivity index (χ1v) is 10.5. The third-order valence-electron chi connectivity index (χ3n) is 4.82. The number of hydrogen-bond donors (Lipinski definition) is 2. The van der Waals surface area contributed by atoms with Gasteiger partial charge < -0.3 is 25.3 Å². The van der Waals surface area contributed by atoms with Crippen LogP contribution in [-0.2, 0) is 15.0 Å². The van der Waals surface area contributed by atoms with Crippen molar-refractivity contribution < 1.29 is 41.0 Å². The van der Waals surface area contributed by atoms with Crippen molar-refractivity contribution in [2.45, 2.75) is 32.2 Å². The molecule has 1 amide bonds. The number of aromatic nitrogens is 3. The van der Waals surface area contributed by atoms with Crippen LogP contribution < -0.4 is 15.8 Å². The molecule has 2 aliphatic rings. The maximum absolute atomic E-state index is 12.6. The molecule has 3 N–H and O–H groups in total. The molecule has 2 aromatic rings. The molecule has 2 aliphatic heterocycles. The topological polar surface area (TPSA) is 134 Å². The van der Waals surface area contributed by atoms with Crippen LogP contribution in [0.25, 0.3) is 0 Å². The van der Waals surface area contributed by atoms with Gasteiger partial charge in [-0.2, -0.15) is 22.0 Å². The van der Waals surface area contributed by atoms with Gasteiger partial charge in [-0.05, 0) is 13.3 Å². The van der Waals surface area contributed by atoms with E-state index >= 15 is 0 Å². The second kappa shape index (κ2) is 10.9. The smallest absolute Gasteiger partial charge is 0.388 e. The van der Waals surface area contributed by atoms with Crippen LogP contribution in [0.4, 0.5) is 27.8 Å². The molecule has 34 heavy (non-hydrogen) atoms. The van der Waals surface area contributed by atoms with Gasteiger partial charge in [-0.25, -0.2) is 19.9 Å². The van der Waals surface area contributed by atoms with E-state index in [1.165, 1.54) is 18.3 Å². The van der Waals surface area contributed by atoms with Gasteiger partial charge in [0.25, 0.3) is 11.9 Å². The molecule has 1 fully saturated rings. The van der Waals surface area contributed by atoms with Gasteiger partial charge in [-0.1, -0.05) is 0 Å². The van der Waals surface area contributed by atoms with Gasteiger partial charge in [0, 0.05) is 17.9 Å². The summed E-state index contributed by atoms with van der Waals surface area (Å²) in [6.07, 6.45) is 1.71. The number of halogens is 5. The zero-order valence-corrected chi connectivity index (χ0v) is 18.3. The van der Waals surface area contributed by atoms with Crippen molar-refractivity contribution in [3.63, 3.8) is 0 Å². The molecule has 2 aromatic heterocycles. The van der Waals surface area contributed by atoms with E-state index in [1.807, 2.05) is 0 Å². The fraction of sp³-hybridized carbons (Fsp3) is 0.500. The van der Waals surface area contributed by atoms with Crippen LogP contribution in [0, 0.1) is 12.8 Å². The molecule has 0 saturated carbocycles. The number of hydrogen-bond acceptors (Lipinski definition) is 10. The maximum Gasteiger partial charge on any atom is 0.388 e. The zero-order chi connectivity index (χ0) is 24.9. The van der Waals surface area contributed by atoms with Gasteiger partial charge in [0.05, 0.1) is 25.1 Å². The van der Waals surface area contributed by atoms with Gasteiger partial charge in [0.1, 0.15) is 22.1 Å². The summed E-state index contributed by atoms with van der Waals surface area (Å²) in [6.45, 7) is -3.89. The molecule has 1 saturated heterocycles. The summed E-state index contributed by atoms with van der Waals surface area (Å²) in [5.74, 6) is -0.589. The molecule has 0 spiro atoms. The third-order valence-corrected chi connectivity index (χ3v) is 5.83. The average molecular weight is 510 g/mol. The second-order valence-electron chi connectivity index (χ2n) is 6.98. The number of aliphatic imine (C=N–C) groups is 1. The number of thiazole rings is 1. The highest BCUT2D eigenvalue weighted by atomic mass is 32.1. The van der Waals surface area contributed by atoms with Gasteiger partial charge in [-0.15, -0.1) is 11.3 Å². The minimum absolute atomic E-state index is 0.0310. The van der Waals surface area contributed by atoms with Crippen molar-refractivity contribution in [2.24, 2.45) is 16.6 Å². The van der Waals surface area contributed by atoms with Gasteiger partial charge in [0.2, 0.25) is 5.88 Å². The van der Waals surface area contributed by atoms with E-state index in [1.54, 1.807) is 5.38 Å². The monoisotopic (exact) mass is 510 g/mol. The number of nitrogens with two attached hydrogens (primary N) is 1. The Kier molecular flexibility index (Phi) is 8.14. The lowest BCUT2D eigenvalue weighted by atomic mass is 9.81. The Labute approximate surface area is 193 Å². The minimum Gasteiger partial charge on any atom is -0.465 e. The fourth-order valence-electron chi connectivity index (χ4n) is 3.39. The standard InChI is InChI=1S/C17H18F2N6O4S.CHF3/c1-8-12(21-4-11(22-8)29-15(18)19)13(26)23-10-6-30-14(24-10)17-7-27-3-2-9(17)5-28-16(20)25-17;2-1(3)4/h4,6,9,15H,2-3,5,7H2,1H3,(H2,20,25)(H,23,26);1H. The molecular formula is C18H19F5N6O4S. The highest BCUT2D eigenvalue weighted by Gasteiger charge is 2.48. The van der Waals surface area contributed by atoms with Crippen molar-refractivity contribution >= 4 is 29.1 Å². The summed E-state index contributed by atoms with van der Waals surface area (Å²) in [7, 11) is 0. The quantitative estimate of drug-likeness (QED) is 0.587. The Hall–Kier alpha value is -3.14. The van der Waals surface area contributed by atoms with E-state index in [-0.39, 0.29) is 29.2 Å². The summed E-state index contributed by atoms with van der Waals surface area (Å²) in [5, 5.41) is 4.96. The number of fused-ring (bicyclic) bond motifs is 1. The molecule has 2 atom stereocenters. The van der Waals surface area contributed by atoms with E-state index in [0.717, 1.165) is 12.6 Å². The van der Waals surface area contributed by atoms with Crippen molar-refractivity contribution in [3.05, 3.63) is 28.0 Å². The maximum atomic E-state index is 12.6. The molecule has 0 aromatic carbocycles. The molecule has 4 rings (SSSR count). The van der Waals surface area contributed by atoms with E-state index in [0.29, 0.717) is 30.6 Å². The highest BCUT2D eigenvalue weighted by Crippen LogP contribution is 2.43. The van der Waals surface area contributed by atoms with Crippen LogP contribution in [0.2, 0.25) is 0 Å². The Bertz CT molecular complexity index is 1040. The number of nitrogens with zero attached hydrogens (tertiary/aromatic N) is 4. The predicted molar refractivity (Wildman–Crippen MR) is 109 cm³/mol. The zero-order valence-electron chi connectivity index (χ0n) is 17.5. The number of ether oxygens (including phenoxy) is 3. The number of rotatable bonds is 5. The van der Waals surface area contributed by atoms with E-state index in [2.05, 4.69) is 30.0 Å². The van der Waals surface area contributed by atoms with E-state index in [4.69, 9.17) is 15.2 Å². The number of anilines is 1. The molecule has 4 heterocycles. The first kappa shape index (κ1) is 25.5. The van der Waals surface area contributed by atoms with Crippen LogP contribution in [0.15, 0.2) is 16.6 Å².